The van der Waals surface area contributed by atoms with E-state index in [1.807, 2.05) is 42.6 Å². The number of fused-ring (bicyclic) bond motifs is 1. The summed E-state index contributed by atoms with van der Waals surface area (Å²) in [5.74, 6) is -0.906. The smallest absolute Gasteiger partial charge is 0.335 e. The van der Waals surface area contributed by atoms with Gasteiger partial charge in [-0.15, -0.1) is 0 Å². The van der Waals surface area contributed by atoms with E-state index in [9.17, 15) is 4.79 Å². The maximum absolute atomic E-state index is 10.8. The Kier molecular flexibility index (Phi) is 3.51. The average molecular weight is 278 g/mol. The molecule has 4 nitrogen and oxygen atoms in total. The molecule has 0 unspecified atom stereocenters. The van der Waals surface area contributed by atoms with Crippen LogP contribution in [0.5, 0.6) is 0 Å². The van der Waals surface area contributed by atoms with E-state index in [2.05, 4.69) is 10.3 Å². The second-order valence-electron chi connectivity index (χ2n) is 4.76. The molecule has 2 N–H and O–H groups in total. The van der Waals surface area contributed by atoms with Gasteiger partial charge in [0.1, 0.15) is 0 Å². The van der Waals surface area contributed by atoms with Gasteiger partial charge in [0.25, 0.3) is 0 Å². The van der Waals surface area contributed by atoms with Gasteiger partial charge in [0.2, 0.25) is 0 Å². The molecule has 0 spiro atoms. The van der Waals surface area contributed by atoms with Gasteiger partial charge in [-0.05, 0) is 29.8 Å². The lowest BCUT2D eigenvalue weighted by Gasteiger charge is -2.09. The molecule has 4 heteroatoms. The third kappa shape index (κ3) is 2.84. The Bertz CT molecular complexity index is 777. The molecule has 0 amide bonds. The van der Waals surface area contributed by atoms with Crippen molar-refractivity contribution in [2.24, 2.45) is 0 Å². The van der Waals surface area contributed by atoms with Crippen LogP contribution in [0.2, 0.25) is 0 Å². The summed E-state index contributed by atoms with van der Waals surface area (Å²) in [5.41, 5.74) is 2.37. The van der Waals surface area contributed by atoms with Crippen molar-refractivity contribution in [2.75, 3.05) is 5.32 Å². The van der Waals surface area contributed by atoms with Crippen LogP contribution in [-0.4, -0.2) is 16.1 Å². The van der Waals surface area contributed by atoms with Gasteiger partial charge in [-0.2, -0.15) is 0 Å². The Balaban J connectivity index is 1.79. The second kappa shape index (κ2) is 5.63. The molecule has 0 aliphatic carbocycles. The average Bonchev–Trinajstić information content (AvgIpc) is 2.53. The molecule has 1 aromatic heterocycles. The summed E-state index contributed by atoms with van der Waals surface area (Å²) in [7, 11) is 0. The largest absolute Gasteiger partial charge is 0.478 e. The predicted octanol–water partition coefficient (Wildman–Crippen LogP) is 3.55. The Labute approximate surface area is 122 Å². The summed E-state index contributed by atoms with van der Waals surface area (Å²) in [6.07, 6.45) is 3.61. The topological polar surface area (TPSA) is 62.2 Å². The molecule has 3 aromatic rings. The predicted molar refractivity (Wildman–Crippen MR) is 82.5 cm³/mol. The number of anilines is 1. The Morgan fingerprint density at radius 1 is 1.10 bits per heavy atom. The van der Waals surface area contributed by atoms with Gasteiger partial charge in [0.15, 0.2) is 0 Å². The molecule has 21 heavy (non-hydrogen) atoms. The third-order valence-corrected chi connectivity index (χ3v) is 3.36. The highest BCUT2D eigenvalue weighted by Gasteiger charge is 2.03. The number of benzene rings is 2. The van der Waals surface area contributed by atoms with Crippen LogP contribution in [0.1, 0.15) is 15.9 Å². The van der Waals surface area contributed by atoms with Crippen molar-refractivity contribution >= 4 is 22.4 Å². The molecule has 0 radical (unpaired) electrons. The number of hydrogen-bond acceptors (Lipinski definition) is 3. The number of hydrogen-bond donors (Lipinski definition) is 2. The number of nitrogens with zero attached hydrogens (tertiary/aromatic N) is 1. The first-order valence-electron chi connectivity index (χ1n) is 6.63. The van der Waals surface area contributed by atoms with Crippen LogP contribution in [0.25, 0.3) is 10.8 Å². The number of aromatic carboxylic acids is 1. The Hall–Kier alpha value is -2.88. The summed E-state index contributed by atoms with van der Waals surface area (Å²) in [6, 6.07) is 14.9. The van der Waals surface area contributed by atoms with E-state index in [-0.39, 0.29) is 0 Å². The first-order valence-corrected chi connectivity index (χ1v) is 6.63. The summed E-state index contributed by atoms with van der Waals surface area (Å²) >= 11 is 0. The van der Waals surface area contributed by atoms with E-state index in [1.165, 1.54) is 0 Å². The summed E-state index contributed by atoms with van der Waals surface area (Å²) in [6.45, 7) is 0.640. The van der Waals surface area contributed by atoms with Gasteiger partial charge in [-0.1, -0.05) is 24.3 Å². The van der Waals surface area contributed by atoms with Crippen molar-refractivity contribution in [3.63, 3.8) is 0 Å². The maximum Gasteiger partial charge on any atom is 0.335 e. The van der Waals surface area contributed by atoms with E-state index in [1.54, 1.807) is 18.3 Å². The number of pyridine rings is 1. The van der Waals surface area contributed by atoms with Crippen molar-refractivity contribution < 1.29 is 9.90 Å². The van der Waals surface area contributed by atoms with Crippen molar-refractivity contribution in [3.05, 3.63) is 72.1 Å². The molecule has 0 fully saturated rings. The van der Waals surface area contributed by atoms with E-state index in [4.69, 9.17) is 5.11 Å². The van der Waals surface area contributed by atoms with Gasteiger partial charge in [-0.3, -0.25) is 4.98 Å². The fraction of sp³-hybridized carbons (Fsp3) is 0.0588. The summed E-state index contributed by atoms with van der Waals surface area (Å²) in [5, 5.41) is 14.5. The molecule has 104 valence electrons. The molecule has 2 aromatic carbocycles. The van der Waals surface area contributed by atoms with E-state index >= 15 is 0 Å². The molecule has 0 saturated heterocycles. The molecule has 3 rings (SSSR count). The Morgan fingerprint density at radius 2 is 1.90 bits per heavy atom. The quantitative estimate of drug-likeness (QED) is 0.766. The lowest BCUT2D eigenvalue weighted by Crippen LogP contribution is -2.01. The fourth-order valence-electron chi connectivity index (χ4n) is 2.24. The van der Waals surface area contributed by atoms with Crippen LogP contribution in [0.4, 0.5) is 5.69 Å². The monoisotopic (exact) mass is 278 g/mol. The zero-order chi connectivity index (χ0) is 14.7. The van der Waals surface area contributed by atoms with Crippen LogP contribution >= 0.6 is 0 Å². The molecule has 0 bridgehead atoms. The Morgan fingerprint density at radius 3 is 2.67 bits per heavy atom. The number of rotatable bonds is 4. The molecule has 0 aliphatic rings. The molecule has 0 aliphatic heterocycles. The summed E-state index contributed by atoms with van der Waals surface area (Å²) < 4.78 is 0. The summed E-state index contributed by atoms with van der Waals surface area (Å²) in [4.78, 5) is 14.9. The molecular weight excluding hydrogens is 264 g/mol. The van der Waals surface area contributed by atoms with Gasteiger partial charge < -0.3 is 10.4 Å². The third-order valence-electron chi connectivity index (χ3n) is 3.36. The second-order valence-corrected chi connectivity index (χ2v) is 4.76. The van der Waals surface area contributed by atoms with Crippen LogP contribution in [0, 0.1) is 0 Å². The normalized spacial score (nSPS) is 10.5. The van der Waals surface area contributed by atoms with Gasteiger partial charge in [-0.25, -0.2) is 4.79 Å². The van der Waals surface area contributed by atoms with Crippen LogP contribution in [-0.2, 0) is 6.54 Å². The lowest BCUT2D eigenvalue weighted by molar-refractivity contribution is 0.0697. The number of carboxylic acids is 1. The zero-order valence-electron chi connectivity index (χ0n) is 11.3. The molecule has 0 saturated carbocycles. The van der Waals surface area contributed by atoms with Crippen molar-refractivity contribution in [1.82, 2.24) is 4.98 Å². The number of carbonyl (C=O) groups is 1. The minimum absolute atomic E-state index is 0.301. The van der Waals surface area contributed by atoms with Crippen molar-refractivity contribution in [3.8, 4) is 0 Å². The maximum atomic E-state index is 10.8. The first-order chi connectivity index (χ1) is 10.2. The number of aromatic nitrogens is 1. The van der Waals surface area contributed by atoms with Gasteiger partial charge >= 0.3 is 5.97 Å². The minimum atomic E-state index is -0.906. The highest BCUT2D eigenvalue weighted by atomic mass is 16.4. The SMILES string of the molecule is O=C(O)c1ccc(CNc2cccc3cnccc23)cc1. The minimum Gasteiger partial charge on any atom is -0.478 e. The fourth-order valence-corrected chi connectivity index (χ4v) is 2.24. The van der Waals surface area contributed by atoms with E-state index in [0.717, 1.165) is 22.0 Å². The molecule has 1 heterocycles. The number of carboxylic acid groups (broad SMARTS) is 1. The number of nitrogens with one attached hydrogen (secondary N) is 1. The van der Waals surface area contributed by atoms with E-state index < -0.39 is 5.97 Å². The van der Waals surface area contributed by atoms with Crippen LogP contribution < -0.4 is 5.32 Å². The molecule has 0 atom stereocenters. The van der Waals surface area contributed by atoms with Crippen molar-refractivity contribution in [1.29, 1.82) is 0 Å². The van der Waals surface area contributed by atoms with Gasteiger partial charge in [0, 0.05) is 35.4 Å². The van der Waals surface area contributed by atoms with Crippen molar-refractivity contribution in [2.45, 2.75) is 6.54 Å². The standard InChI is InChI=1S/C17H14N2O2/c20-17(21)13-6-4-12(5-7-13)10-19-16-3-1-2-14-11-18-9-8-15(14)16/h1-9,11,19H,10H2,(H,20,21). The van der Waals surface area contributed by atoms with Crippen LogP contribution in [0.15, 0.2) is 60.9 Å². The first kappa shape index (κ1) is 13.1. The molecular formula is C17H14N2O2. The van der Waals surface area contributed by atoms with E-state index in [0.29, 0.717) is 12.1 Å². The lowest BCUT2D eigenvalue weighted by atomic mass is 10.1. The highest BCUT2D eigenvalue weighted by Crippen LogP contribution is 2.22. The van der Waals surface area contributed by atoms with Gasteiger partial charge in [0.05, 0.1) is 5.56 Å². The highest BCUT2D eigenvalue weighted by molar-refractivity contribution is 5.93. The van der Waals surface area contributed by atoms with Crippen LogP contribution in [0.3, 0.4) is 0 Å². The zero-order valence-corrected chi connectivity index (χ0v) is 11.3.